The molecule has 1 aliphatic heterocycles. The van der Waals surface area contributed by atoms with E-state index in [1.165, 1.54) is 45.7 Å². The van der Waals surface area contributed by atoms with Crippen LogP contribution in [0.3, 0.4) is 0 Å². The lowest BCUT2D eigenvalue weighted by molar-refractivity contribution is -0.274. The molecule has 1 aliphatic rings. The Bertz CT molecular complexity index is 1280. The van der Waals surface area contributed by atoms with Crippen molar-refractivity contribution in [2.75, 3.05) is 18.4 Å². The fraction of sp³-hybridized carbons (Fsp3) is 0.286. The molecular weight excluding hydrogens is 500 g/mol. The fourth-order valence-electron chi connectivity index (χ4n) is 3.82. The molecule has 0 bridgehead atoms. The summed E-state index contributed by atoms with van der Waals surface area (Å²) >= 11 is 5.83. The van der Waals surface area contributed by atoms with Crippen LogP contribution in [0.4, 0.5) is 23.2 Å². The van der Waals surface area contributed by atoms with Crippen LogP contribution >= 0.6 is 11.6 Å². The standard InChI is InChI=1S/C21H19ClF4N4O3S/c1-29-11-20(27-12-29)34(31,32)30-9-16(13-2-4-14(23)5-3-13)18(10-30)28-15-6-7-17(22)19(8-15)33-21(24,25)26/h2-8,11-12,16,18,28H,9-10H2,1H3. The molecule has 0 radical (unpaired) electrons. The van der Waals surface area contributed by atoms with Gasteiger partial charge < -0.3 is 14.6 Å². The number of aromatic nitrogens is 2. The van der Waals surface area contributed by atoms with Crippen LogP contribution in [0, 0.1) is 5.82 Å². The number of nitrogens with one attached hydrogen (secondary N) is 1. The number of aryl methyl sites for hydroxylation is 1. The van der Waals surface area contributed by atoms with Crippen molar-refractivity contribution in [1.82, 2.24) is 13.9 Å². The van der Waals surface area contributed by atoms with Crippen LogP contribution in [0.25, 0.3) is 0 Å². The summed E-state index contributed by atoms with van der Waals surface area (Å²) in [5.41, 5.74) is 0.913. The third kappa shape index (κ3) is 5.29. The predicted molar refractivity (Wildman–Crippen MR) is 117 cm³/mol. The molecule has 2 heterocycles. The van der Waals surface area contributed by atoms with Crippen LogP contribution in [-0.4, -0.2) is 47.8 Å². The minimum atomic E-state index is -4.93. The number of nitrogens with zero attached hydrogens (tertiary/aromatic N) is 3. The number of anilines is 1. The van der Waals surface area contributed by atoms with Gasteiger partial charge in [-0.2, -0.15) is 4.31 Å². The predicted octanol–water partition coefficient (Wildman–Crippen LogP) is 4.38. The lowest BCUT2D eigenvalue weighted by Gasteiger charge is -2.22. The second-order valence-electron chi connectivity index (χ2n) is 7.80. The maximum atomic E-state index is 13.5. The Kier molecular flexibility index (Phi) is 6.49. The summed E-state index contributed by atoms with van der Waals surface area (Å²) < 4.78 is 84.6. The molecule has 2 aromatic carbocycles. The van der Waals surface area contributed by atoms with Crippen LogP contribution in [0.2, 0.25) is 5.02 Å². The number of halogens is 5. The molecule has 2 unspecified atom stereocenters. The Morgan fingerprint density at radius 2 is 1.85 bits per heavy atom. The summed E-state index contributed by atoms with van der Waals surface area (Å²) in [6, 6.07) is 8.87. The van der Waals surface area contributed by atoms with E-state index in [0.29, 0.717) is 5.56 Å². The van der Waals surface area contributed by atoms with Gasteiger partial charge in [-0.3, -0.25) is 0 Å². The molecule has 2 atom stereocenters. The van der Waals surface area contributed by atoms with E-state index in [4.69, 9.17) is 11.6 Å². The molecule has 182 valence electrons. The molecule has 4 rings (SSSR count). The number of benzene rings is 2. The van der Waals surface area contributed by atoms with E-state index in [1.54, 1.807) is 19.2 Å². The van der Waals surface area contributed by atoms with E-state index < -0.39 is 39.9 Å². The lowest BCUT2D eigenvalue weighted by Crippen LogP contribution is -2.32. The van der Waals surface area contributed by atoms with Crippen molar-refractivity contribution in [2.45, 2.75) is 23.3 Å². The van der Waals surface area contributed by atoms with Crippen LogP contribution in [0.5, 0.6) is 5.75 Å². The van der Waals surface area contributed by atoms with Crippen LogP contribution in [0.15, 0.2) is 60.0 Å². The molecule has 1 saturated heterocycles. The molecule has 13 heteroatoms. The molecule has 1 aromatic heterocycles. The molecule has 1 N–H and O–H groups in total. The third-order valence-electron chi connectivity index (χ3n) is 5.38. The van der Waals surface area contributed by atoms with Gasteiger partial charge in [0.1, 0.15) is 11.6 Å². The Morgan fingerprint density at radius 3 is 2.47 bits per heavy atom. The summed E-state index contributed by atoms with van der Waals surface area (Å²) in [5, 5.41) is 2.73. The third-order valence-corrected chi connectivity index (χ3v) is 7.41. The summed E-state index contributed by atoms with van der Waals surface area (Å²) in [5.74, 6) is -1.47. The smallest absolute Gasteiger partial charge is 0.404 e. The highest BCUT2D eigenvalue weighted by Gasteiger charge is 2.41. The molecule has 3 aromatic rings. The topological polar surface area (TPSA) is 76.5 Å². The van der Waals surface area contributed by atoms with Crippen molar-refractivity contribution in [3.05, 3.63) is 71.4 Å². The number of imidazole rings is 1. The van der Waals surface area contributed by atoms with Gasteiger partial charge in [-0.25, -0.2) is 17.8 Å². The van der Waals surface area contributed by atoms with Gasteiger partial charge in [0.15, 0.2) is 5.03 Å². The second-order valence-corrected chi connectivity index (χ2v) is 10.1. The maximum absolute atomic E-state index is 13.5. The number of sulfonamides is 1. The highest BCUT2D eigenvalue weighted by molar-refractivity contribution is 7.89. The van der Waals surface area contributed by atoms with Gasteiger partial charge in [-0.05, 0) is 29.8 Å². The van der Waals surface area contributed by atoms with Gasteiger partial charge >= 0.3 is 6.36 Å². The highest BCUT2D eigenvalue weighted by atomic mass is 35.5. The van der Waals surface area contributed by atoms with Gasteiger partial charge in [0.05, 0.1) is 11.3 Å². The van der Waals surface area contributed by atoms with E-state index in [1.807, 2.05) is 0 Å². The first-order chi connectivity index (χ1) is 15.9. The Balaban J connectivity index is 1.65. The Morgan fingerprint density at radius 1 is 1.15 bits per heavy atom. The van der Waals surface area contributed by atoms with Crippen LogP contribution < -0.4 is 10.1 Å². The van der Waals surface area contributed by atoms with Gasteiger partial charge in [-0.15, -0.1) is 13.2 Å². The van der Waals surface area contributed by atoms with Gasteiger partial charge in [0.2, 0.25) is 0 Å². The molecular formula is C21H19ClF4N4O3S. The van der Waals surface area contributed by atoms with E-state index in [9.17, 15) is 26.0 Å². The van der Waals surface area contributed by atoms with Crippen molar-refractivity contribution in [3.8, 4) is 5.75 Å². The van der Waals surface area contributed by atoms with Crippen molar-refractivity contribution in [2.24, 2.45) is 7.05 Å². The quantitative estimate of drug-likeness (QED) is 0.490. The summed E-state index contributed by atoms with van der Waals surface area (Å²) in [7, 11) is -2.30. The van der Waals surface area contributed by atoms with E-state index in [-0.39, 0.29) is 28.8 Å². The first kappa shape index (κ1) is 24.3. The summed E-state index contributed by atoms with van der Waals surface area (Å²) in [4.78, 5) is 3.93. The minimum Gasteiger partial charge on any atom is -0.404 e. The average Bonchev–Trinajstić information content (AvgIpc) is 3.37. The number of rotatable bonds is 6. The minimum absolute atomic E-state index is 0.000954. The number of ether oxygens (including phenoxy) is 1. The lowest BCUT2D eigenvalue weighted by atomic mass is 9.94. The first-order valence-corrected chi connectivity index (χ1v) is 11.8. The van der Waals surface area contributed by atoms with Crippen LogP contribution in [-0.2, 0) is 17.1 Å². The molecule has 7 nitrogen and oxygen atoms in total. The normalized spacial score (nSPS) is 19.4. The highest BCUT2D eigenvalue weighted by Crippen LogP contribution is 2.36. The number of hydrogen-bond donors (Lipinski definition) is 1. The molecule has 1 fully saturated rings. The zero-order valence-electron chi connectivity index (χ0n) is 17.6. The van der Waals surface area contributed by atoms with Crippen LogP contribution in [0.1, 0.15) is 11.5 Å². The van der Waals surface area contributed by atoms with Crippen molar-refractivity contribution >= 4 is 27.3 Å². The second kappa shape index (κ2) is 9.08. The molecule has 34 heavy (non-hydrogen) atoms. The van der Waals surface area contributed by atoms with E-state index >= 15 is 0 Å². The largest absolute Gasteiger partial charge is 0.573 e. The summed E-state index contributed by atoms with van der Waals surface area (Å²) in [6.45, 7) is 0.0563. The molecule has 0 amide bonds. The fourth-order valence-corrected chi connectivity index (χ4v) is 5.44. The van der Waals surface area contributed by atoms with Gasteiger partial charge in [0.25, 0.3) is 10.0 Å². The van der Waals surface area contributed by atoms with Gasteiger partial charge in [-0.1, -0.05) is 23.7 Å². The zero-order valence-corrected chi connectivity index (χ0v) is 19.2. The first-order valence-electron chi connectivity index (χ1n) is 9.98. The van der Waals surface area contributed by atoms with Gasteiger partial charge in [0, 0.05) is 50.0 Å². The number of hydrogen-bond acceptors (Lipinski definition) is 5. The van der Waals surface area contributed by atoms with Crippen molar-refractivity contribution < 1.29 is 30.7 Å². The maximum Gasteiger partial charge on any atom is 0.573 e. The van der Waals surface area contributed by atoms with Crippen molar-refractivity contribution in [3.63, 3.8) is 0 Å². The Labute approximate surface area is 198 Å². The molecule has 0 aliphatic carbocycles. The monoisotopic (exact) mass is 518 g/mol. The molecule has 0 spiro atoms. The zero-order chi connectivity index (χ0) is 24.7. The van der Waals surface area contributed by atoms with E-state index in [0.717, 1.165) is 6.07 Å². The number of alkyl halides is 3. The SMILES string of the molecule is Cn1cnc(S(=O)(=O)N2CC(Nc3ccc(Cl)c(OC(F)(F)F)c3)C(c3ccc(F)cc3)C2)c1. The average molecular weight is 519 g/mol. The van der Waals surface area contributed by atoms with Crippen molar-refractivity contribution in [1.29, 1.82) is 0 Å². The summed E-state index contributed by atoms with van der Waals surface area (Å²) in [6.07, 6.45) is -2.19. The van der Waals surface area contributed by atoms with E-state index in [2.05, 4.69) is 15.0 Å². The molecule has 0 saturated carbocycles. The Hall–Kier alpha value is -2.83.